The standard InChI is InChI=1S/C13H13Cl2N3O2S/c1-2-17-12-3-4-16-8-13(12)21(19,20)18-11-6-9(14)5-10(15)7-11/h3-8,18H,2H2,1H3,(H,16,17). The van der Waals surface area contributed by atoms with Crippen molar-refractivity contribution in [3.05, 3.63) is 46.7 Å². The summed E-state index contributed by atoms with van der Waals surface area (Å²) in [6.07, 6.45) is 2.81. The van der Waals surface area contributed by atoms with Gasteiger partial charge in [-0.05, 0) is 31.2 Å². The average molecular weight is 346 g/mol. The number of hydrogen-bond donors (Lipinski definition) is 2. The minimum atomic E-state index is -3.79. The molecule has 0 radical (unpaired) electrons. The molecule has 0 aliphatic rings. The Labute approximate surface area is 133 Å². The van der Waals surface area contributed by atoms with Gasteiger partial charge in [-0.15, -0.1) is 0 Å². The van der Waals surface area contributed by atoms with Gasteiger partial charge in [-0.2, -0.15) is 0 Å². The van der Waals surface area contributed by atoms with Crippen LogP contribution in [0, 0.1) is 0 Å². The maximum absolute atomic E-state index is 12.4. The fourth-order valence-electron chi connectivity index (χ4n) is 1.75. The molecule has 21 heavy (non-hydrogen) atoms. The minimum absolute atomic E-state index is 0.0583. The van der Waals surface area contributed by atoms with E-state index in [4.69, 9.17) is 23.2 Å². The van der Waals surface area contributed by atoms with E-state index in [0.29, 0.717) is 28.0 Å². The first-order valence-electron chi connectivity index (χ1n) is 6.09. The molecule has 2 rings (SSSR count). The van der Waals surface area contributed by atoms with Gasteiger partial charge in [0.25, 0.3) is 10.0 Å². The first-order valence-corrected chi connectivity index (χ1v) is 8.33. The summed E-state index contributed by atoms with van der Waals surface area (Å²) in [4.78, 5) is 3.92. The van der Waals surface area contributed by atoms with Gasteiger partial charge in [0.2, 0.25) is 0 Å². The maximum Gasteiger partial charge on any atom is 0.265 e. The Kier molecular flexibility index (Phi) is 4.92. The predicted molar refractivity (Wildman–Crippen MR) is 85.7 cm³/mol. The zero-order chi connectivity index (χ0) is 15.5. The Hall–Kier alpha value is -1.50. The van der Waals surface area contributed by atoms with E-state index in [-0.39, 0.29) is 4.90 Å². The number of halogens is 2. The topological polar surface area (TPSA) is 71.1 Å². The second kappa shape index (κ2) is 6.51. The first-order chi connectivity index (χ1) is 9.92. The van der Waals surface area contributed by atoms with Gasteiger partial charge in [-0.25, -0.2) is 8.42 Å². The Morgan fingerprint density at radius 2 is 1.86 bits per heavy atom. The summed E-state index contributed by atoms with van der Waals surface area (Å²) >= 11 is 11.7. The molecule has 1 aromatic heterocycles. The summed E-state index contributed by atoms with van der Waals surface area (Å²) in [5.74, 6) is 0. The van der Waals surface area contributed by atoms with Crippen LogP contribution in [0.5, 0.6) is 0 Å². The smallest absolute Gasteiger partial charge is 0.265 e. The Morgan fingerprint density at radius 3 is 2.48 bits per heavy atom. The van der Waals surface area contributed by atoms with Crippen molar-refractivity contribution in [3.63, 3.8) is 0 Å². The zero-order valence-electron chi connectivity index (χ0n) is 11.1. The lowest BCUT2D eigenvalue weighted by atomic mass is 10.3. The summed E-state index contributed by atoms with van der Waals surface area (Å²) in [5, 5.41) is 3.67. The normalized spacial score (nSPS) is 11.2. The van der Waals surface area contributed by atoms with Crippen molar-refractivity contribution >= 4 is 44.6 Å². The highest BCUT2D eigenvalue weighted by molar-refractivity contribution is 7.92. The highest BCUT2D eigenvalue weighted by Crippen LogP contribution is 2.26. The third kappa shape index (κ3) is 4.00. The van der Waals surface area contributed by atoms with Gasteiger partial charge in [0.15, 0.2) is 0 Å². The second-order valence-corrected chi connectivity index (χ2v) is 6.69. The molecule has 2 N–H and O–H groups in total. The van der Waals surface area contributed by atoms with Crippen LogP contribution in [0.1, 0.15) is 6.92 Å². The largest absolute Gasteiger partial charge is 0.384 e. The molecule has 0 fully saturated rings. The van der Waals surface area contributed by atoms with Crippen LogP contribution >= 0.6 is 23.2 Å². The molecule has 0 atom stereocenters. The highest BCUT2D eigenvalue weighted by atomic mass is 35.5. The number of nitrogens with one attached hydrogen (secondary N) is 2. The van der Waals surface area contributed by atoms with Crippen LogP contribution in [0.4, 0.5) is 11.4 Å². The van der Waals surface area contributed by atoms with E-state index >= 15 is 0 Å². The zero-order valence-corrected chi connectivity index (χ0v) is 13.4. The van der Waals surface area contributed by atoms with Crippen LogP contribution in [0.15, 0.2) is 41.6 Å². The van der Waals surface area contributed by atoms with E-state index < -0.39 is 10.0 Å². The van der Waals surface area contributed by atoms with E-state index in [1.165, 1.54) is 30.6 Å². The van der Waals surface area contributed by atoms with Crippen LogP contribution in [0.2, 0.25) is 10.0 Å². The number of sulfonamides is 1. The van der Waals surface area contributed by atoms with E-state index in [9.17, 15) is 8.42 Å². The van der Waals surface area contributed by atoms with Gasteiger partial charge >= 0.3 is 0 Å². The van der Waals surface area contributed by atoms with E-state index in [1.807, 2.05) is 6.92 Å². The molecule has 1 heterocycles. The van der Waals surface area contributed by atoms with Crippen LogP contribution in [-0.2, 0) is 10.0 Å². The predicted octanol–water partition coefficient (Wildman–Crippen LogP) is 3.62. The Morgan fingerprint density at radius 1 is 1.19 bits per heavy atom. The fraction of sp³-hybridized carbons (Fsp3) is 0.154. The number of pyridine rings is 1. The third-order valence-corrected chi connectivity index (χ3v) is 4.40. The van der Waals surface area contributed by atoms with E-state index in [1.54, 1.807) is 6.07 Å². The fourth-order valence-corrected chi connectivity index (χ4v) is 3.45. The van der Waals surface area contributed by atoms with Crippen molar-refractivity contribution in [2.24, 2.45) is 0 Å². The molecule has 5 nitrogen and oxygen atoms in total. The monoisotopic (exact) mass is 345 g/mol. The molecule has 0 unspecified atom stereocenters. The van der Waals surface area contributed by atoms with Crippen LogP contribution in [0.3, 0.4) is 0 Å². The minimum Gasteiger partial charge on any atom is -0.384 e. The van der Waals surface area contributed by atoms with Crippen LogP contribution in [-0.4, -0.2) is 19.9 Å². The van der Waals surface area contributed by atoms with Gasteiger partial charge in [-0.1, -0.05) is 23.2 Å². The molecule has 1 aromatic carbocycles. The maximum atomic E-state index is 12.4. The summed E-state index contributed by atoms with van der Waals surface area (Å²) in [6, 6.07) is 6.08. The summed E-state index contributed by atoms with van der Waals surface area (Å²) in [7, 11) is -3.79. The van der Waals surface area contributed by atoms with E-state index in [2.05, 4.69) is 15.0 Å². The van der Waals surface area contributed by atoms with Crippen molar-refractivity contribution < 1.29 is 8.42 Å². The molecule has 8 heteroatoms. The molecule has 0 bridgehead atoms. The number of rotatable bonds is 5. The molecule has 112 valence electrons. The lowest BCUT2D eigenvalue weighted by Crippen LogP contribution is -2.15. The van der Waals surface area contributed by atoms with Gasteiger partial charge in [-0.3, -0.25) is 9.71 Å². The lowest BCUT2D eigenvalue weighted by Gasteiger charge is -2.12. The SMILES string of the molecule is CCNc1ccncc1S(=O)(=O)Nc1cc(Cl)cc(Cl)c1. The molecular formula is C13H13Cl2N3O2S. The number of aromatic nitrogens is 1. The van der Waals surface area contributed by atoms with Crippen molar-refractivity contribution in [2.75, 3.05) is 16.6 Å². The molecule has 0 aliphatic heterocycles. The molecule has 0 saturated heterocycles. The second-order valence-electron chi connectivity index (χ2n) is 4.17. The summed E-state index contributed by atoms with van der Waals surface area (Å²) in [6.45, 7) is 2.47. The third-order valence-electron chi connectivity index (χ3n) is 2.56. The van der Waals surface area contributed by atoms with Crippen molar-refractivity contribution in [3.8, 4) is 0 Å². The van der Waals surface area contributed by atoms with Gasteiger partial charge < -0.3 is 5.32 Å². The summed E-state index contributed by atoms with van der Waals surface area (Å²) in [5.41, 5.74) is 0.770. The van der Waals surface area contributed by atoms with Gasteiger partial charge in [0, 0.05) is 29.0 Å². The van der Waals surface area contributed by atoms with Crippen molar-refractivity contribution in [1.82, 2.24) is 4.98 Å². The quantitative estimate of drug-likeness (QED) is 0.867. The lowest BCUT2D eigenvalue weighted by molar-refractivity contribution is 0.601. The average Bonchev–Trinajstić information content (AvgIpc) is 2.37. The number of nitrogens with zero attached hydrogens (tertiary/aromatic N) is 1. The summed E-state index contributed by atoms with van der Waals surface area (Å²) < 4.78 is 27.3. The molecule has 0 aliphatic carbocycles. The van der Waals surface area contributed by atoms with Crippen LogP contribution < -0.4 is 10.0 Å². The molecular weight excluding hydrogens is 333 g/mol. The van der Waals surface area contributed by atoms with Crippen LogP contribution in [0.25, 0.3) is 0 Å². The number of benzene rings is 1. The highest BCUT2D eigenvalue weighted by Gasteiger charge is 2.19. The van der Waals surface area contributed by atoms with Crippen molar-refractivity contribution in [2.45, 2.75) is 11.8 Å². The number of hydrogen-bond acceptors (Lipinski definition) is 4. The van der Waals surface area contributed by atoms with E-state index in [0.717, 1.165) is 0 Å². The molecule has 0 saturated carbocycles. The van der Waals surface area contributed by atoms with Gasteiger partial charge in [0.05, 0.1) is 11.4 Å². The van der Waals surface area contributed by atoms with Gasteiger partial charge in [0.1, 0.15) is 4.90 Å². The number of anilines is 2. The Balaban J connectivity index is 2.38. The molecule has 2 aromatic rings. The first kappa shape index (κ1) is 15.9. The van der Waals surface area contributed by atoms with Crippen molar-refractivity contribution in [1.29, 1.82) is 0 Å². The molecule has 0 spiro atoms. The Bertz CT molecular complexity index is 731. The molecule has 0 amide bonds.